The minimum Gasteiger partial charge on any atom is -0.492 e. The van der Waals surface area contributed by atoms with Crippen molar-refractivity contribution in [1.29, 1.82) is 0 Å². The molecule has 2 heterocycles. The number of aliphatic hydroxyl groups is 1. The first kappa shape index (κ1) is 16.7. The van der Waals surface area contributed by atoms with Gasteiger partial charge in [-0.1, -0.05) is 12.1 Å². The van der Waals surface area contributed by atoms with Crippen LogP contribution in [0.1, 0.15) is 13.3 Å². The van der Waals surface area contributed by atoms with Crippen LogP contribution in [0.5, 0.6) is 5.75 Å². The summed E-state index contributed by atoms with van der Waals surface area (Å²) in [5, 5.41) is 9.82. The number of para-hydroxylation sites is 1. The molecule has 2 atom stereocenters. The van der Waals surface area contributed by atoms with Gasteiger partial charge in [0.05, 0.1) is 19.8 Å². The van der Waals surface area contributed by atoms with E-state index in [2.05, 4.69) is 0 Å². The molecule has 23 heavy (non-hydrogen) atoms. The Morgan fingerprint density at radius 2 is 2.22 bits per heavy atom. The maximum absolute atomic E-state index is 13.1. The first-order chi connectivity index (χ1) is 11.0. The summed E-state index contributed by atoms with van der Waals surface area (Å²) in [5.41, 5.74) is -0.480. The Morgan fingerprint density at radius 3 is 2.91 bits per heavy atom. The van der Waals surface area contributed by atoms with Crippen molar-refractivity contribution in [2.75, 3.05) is 39.5 Å². The second-order valence-electron chi connectivity index (χ2n) is 6.24. The molecule has 0 unspecified atom stereocenters. The number of fused-ring (bicyclic) bond motifs is 1. The van der Waals surface area contributed by atoms with Crippen LogP contribution in [0.4, 0.5) is 0 Å². The topological polar surface area (TPSA) is 76.1 Å². The Morgan fingerprint density at radius 1 is 1.43 bits per heavy atom. The average molecular weight is 341 g/mol. The highest BCUT2D eigenvalue weighted by Crippen LogP contribution is 2.43. The van der Waals surface area contributed by atoms with Crippen LogP contribution in [-0.2, 0) is 14.8 Å². The summed E-state index contributed by atoms with van der Waals surface area (Å²) >= 11 is 0. The van der Waals surface area contributed by atoms with Crippen molar-refractivity contribution in [3.63, 3.8) is 0 Å². The minimum atomic E-state index is -3.66. The average Bonchev–Trinajstić information content (AvgIpc) is 2.96. The summed E-state index contributed by atoms with van der Waals surface area (Å²) < 4.78 is 38.6. The molecule has 2 fully saturated rings. The van der Waals surface area contributed by atoms with Crippen molar-refractivity contribution in [1.82, 2.24) is 4.31 Å². The van der Waals surface area contributed by atoms with Gasteiger partial charge in [0.25, 0.3) is 0 Å². The maximum Gasteiger partial charge on any atom is 0.246 e. The third kappa shape index (κ3) is 2.87. The van der Waals surface area contributed by atoms with Gasteiger partial charge in [0.15, 0.2) is 0 Å². The van der Waals surface area contributed by atoms with E-state index in [4.69, 9.17) is 9.47 Å². The van der Waals surface area contributed by atoms with Crippen molar-refractivity contribution < 1.29 is 23.0 Å². The number of hydrogen-bond acceptors (Lipinski definition) is 5. The van der Waals surface area contributed by atoms with Crippen LogP contribution in [0.3, 0.4) is 0 Å². The van der Waals surface area contributed by atoms with Gasteiger partial charge in [-0.05, 0) is 31.4 Å². The Bertz CT molecular complexity index is 662. The van der Waals surface area contributed by atoms with E-state index >= 15 is 0 Å². The van der Waals surface area contributed by atoms with Crippen LogP contribution in [0.2, 0.25) is 0 Å². The predicted octanol–water partition coefficient (Wildman–Crippen LogP) is 1.10. The summed E-state index contributed by atoms with van der Waals surface area (Å²) in [7, 11) is -3.66. The predicted molar refractivity (Wildman–Crippen MR) is 84.8 cm³/mol. The Kier molecular flexibility index (Phi) is 4.64. The zero-order valence-electron chi connectivity index (χ0n) is 13.3. The fourth-order valence-electron chi connectivity index (χ4n) is 3.53. The van der Waals surface area contributed by atoms with Gasteiger partial charge in [-0.2, -0.15) is 4.31 Å². The number of benzene rings is 1. The molecule has 128 valence electrons. The van der Waals surface area contributed by atoms with Gasteiger partial charge in [-0.15, -0.1) is 0 Å². The summed E-state index contributed by atoms with van der Waals surface area (Å²) in [6, 6.07) is 6.70. The van der Waals surface area contributed by atoms with E-state index in [0.717, 1.165) is 6.42 Å². The van der Waals surface area contributed by atoms with Crippen molar-refractivity contribution in [3.05, 3.63) is 24.3 Å². The molecule has 6 nitrogen and oxygen atoms in total. The van der Waals surface area contributed by atoms with Gasteiger partial charge < -0.3 is 14.6 Å². The molecule has 1 N–H and O–H groups in total. The SMILES string of the molecule is CCOc1ccccc1S(=O)(=O)N1C[C@@H]2CCOC[C@]2(CO)C1. The molecule has 0 spiro atoms. The number of hydrogen-bond donors (Lipinski definition) is 1. The van der Waals surface area contributed by atoms with E-state index in [1.165, 1.54) is 4.31 Å². The number of aliphatic hydroxyl groups excluding tert-OH is 1. The van der Waals surface area contributed by atoms with E-state index in [0.29, 0.717) is 32.1 Å². The van der Waals surface area contributed by atoms with Gasteiger partial charge in [0.2, 0.25) is 10.0 Å². The van der Waals surface area contributed by atoms with Gasteiger partial charge in [0, 0.05) is 25.1 Å². The molecule has 0 aromatic heterocycles. The second-order valence-corrected chi connectivity index (χ2v) is 8.14. The summed E-state index contributed by atoms with van der Waals surface area (Å²) in [5.74, 6) is 0.509. The van der Waals surface area contributed by atoms with Crippen LogP contribution >= 0.6 is 0 Å². The highest BCUT2D eigenvalue weighted by atomic mass is 32.2. The van der Waals surface area contributed by atoms with E-state index in [9.17, 15) is 13.5 Å². The van der Waals surface area contributed by atoms with Gasteiger partial charge in [-0.25, -0.2) is 8.42 Å². The van der Waals surface area contributed by atoms with Crippen LogP contribution < -0.4 is 4.74 Å². The van der Waals surface area contributed by atoms with Crippen LogP contribution in [0.15, 0.2) is 29.2 Å². The Hall–Kier alpha value is -1.15. The van der Waals surface area contributed by atoms with E-state index < -0.39 is 15.4 Å². The summed E-state index contributed by atoms with van der Waals surface area (Å²) in [6.07, 6.45) is 0.777. The van der Waals surface area contributed by atoms with Gasteiger partial charge in [0.1, 0.15) is 10.6 Å². The highest BCUT2D eigenvalue weighted by molar-refractivity contribution is 7.89. The van der Waals surface area contributed by atoms with Crippen molar-refractivity contribution >= 4 is 10.0 Å². The molecule has 0 radical (unpaired) electrons. The van der Waals surface area contributed by atoms with E-state index in [1.807, 2.05) is 6.92 Å². The van der Waals surface area contributed by atoms with Crippen LogP contribution in [0.25, 0.3) is 0 Å². The first-order valence-electron chi connectivity index (χ1n) is 7.94. The first-order valence-corrected chi connectivity index (χ1v) is 9.38. The third-order valence-corrected chi connectivity index (χ3v) is 6.71. The smallest absolute Gasteiger partial charge is 0.246 e. The zero-order chi connectivity index (χ0) is 16.5. The standard InChI is InChI=1S/C16H23NO5S/c1-2-22-14-5-3-4-6-15(14)23(19,20)17-9-13-7-8-21-12-16(13,10-17)11-18/h3-6,13,18H,2,7-12H2,1H3/t13-,16+/m0/s1. The molecule has 2 aliphatic rings. The lowest BCUT2D eigenvalue weighted by atomic mass is 9.76. The quantitative estimate of drug-likeness (QED) is 0.868. The molecule has 7 heteroatoms. The van der Waals surface area contributed by atoms with Gasteiger partial charge in [-0.3, -0.25) is 0 Å². The molecule has 1 aromatic carbocycles. The molecule has 0 aliphatic carbocycles. The van der Waals surface area contributed by atoms with E-state index in [1.54, 1.807) is 24.3 Å². The Labute approximate surface area is 137 Å². The zero-order valence-corrected chi connectivity index (χ0v) is 14.1. The van der Waals surface area contributed by atoms with Crippen LogP contribution in [-0.4, -0.2) is 57.3 Å². The lowest BCUT2D eigenvalue weighted by molar-refractivity contribution is -0.0552. The van der Waals surface area contributed by atoms with Crippen molar-refractivity contribution in [2.45, 2.75) is 18.2 Å². The number of ether oxygens (including phenoxy) is 2. The number of sulfonamides is 1. The lowest BCUT2D eigenvalue weighted by Crippen LogP contribution is -2.43. The third-order valence-electron chi connectivity index (χ3n) is 4.86. The van der Waals surface area contributed by atoms with Crippen molar-refractivity contribution in [2.24, 2.45) is 11.3 Å². The molecule has 2 saturated heterocycles. The summed E-state index contributed by atoms with van der Waals surface area (Å²) in [6.45, 7) is 3.92. The highest BCUT2D eigenvalue weighted by Gasteiger charge is 2.51. The maximum atomic E-state index is 13.1. The van der Waals surface area contributed by atoms with Gasteiger partial charge >= 0.3 is 0 Å². The molecule has 0 saturated carbocycles. The normalized spacial score (nSPS) is 28.5. The largest absolute Gasteiger partial charge is 0.492 e. The van der Waals surface area contributed by atoms with E-state index in [-0.39, 0.29) is 24.0 Å². The Balaban J connectivity index is 1.92. The molecule has 2 aliphatic heterocycles. The molecular weight excluding hydrogens is 318 g/mol. The monoisotopic (exact) mass is 341 g/mol. The molecule has 0 bridgehead atoms. The van der Waals surface area contributed by atoms with Crippen molar-refractivity contribution in [3.8, 4) is 5.75 Å². The molecular formula is C16H23NO5S. The minimum absolute atomic E-state index is 0.0587. The fraction of sp³-hybridized carbons (Fsp3) is 0.625. The second kappa shape index (κ2) is 6.39. The summed E-state index contributed by atoms with van der Waals surface area (Å²) in [4.78, 5) is 0.189. The number of rotatable bonds is 5. The fourth-order valence-corrected chi connectivity index (χ4v) is 5.24. The molecule has 1 aromatic rings. The molecule has 3 rings (SSSR count). The number of nitrogens with zero attached hydrogens (tertiary/aromatic N) is 1. The molecule has 0 amide bonds. The lowest BCUT2D eigenvalue weighted by Gasteiger charge is -2.36. The van der Waals surface area contributed by atoms with Crippen LogP contribution in [0, 0.1) is 11.3 Å².